The number of aliphatic hydroxyl groups excluding tert-OH is 1. The summed E-state index contributed by atoms with van der Waals surface area (Å²) < 4.78 is 10.9. The van der Waals surface area contributed by atoms with Gasteiger partial charge >= 0.3 is 0 Å². The molecule has 0 fully saturated rings. The number of hydrogen-bond acceptors (Lipinski definition) is 4. The number of carbonyl (C=O) groups excluding carboxylic acids is 1. The molecule has 2 N–H and O–H groups in total. The predicted molar refractivity (Wildman–Crippen MR) is 101 cm³/mol. The molecular formula is C18H30NO4S+. The van der Waals surface area contributed by atoms with Gasteiger partial charge in [-0.05, 0) is 41.6 Å². The van der Waals surface area contributed by atoms with Crippen LogP contribution in [0.25, 0.3) is 0 Å². The van der Waals surface area contributed by atoms with Gasteiger partial charge < -0.3 is 19.9 Å². The Morgan fingerprint density at radius 1 is 1.25 bits per heavy atom. The number of hydrogen-bond donors (Lipinski definition) is 2. The summed E-state index contributed by atoms with van der Waals surface area (Å²) in [7, 11) is 0.276. The van der Waals surface area contributed by atoms with Crippen LogP contribution in [0.5, 0.6) is 5.75 Å². The zero-order valence-corrected chi connectivity index (χ0v) is 15.7. The van der Waals surface area contributed by atoms with E-state index in [1.807, 2.05) is 0 Å². The number of ether oxygens (including phenoxy) is 2. The maximum absolute atomic E-state index is 11.8. The van der Waals surface area contributed by atoms with Crippen molar-refractivity contribution in [2.45, 2.75) is 32.3 Å². The Balaban J connectivity index is 2.27. The van der Waals surface area contributed by atoms with Crippen LogP contribution in [0.2, 0.25) is 0 Å². The number of anilines is 1. The van der Waals surface area contributed by atoms with Gasteiger partial charge in [-0.2, -0.15) is 0 Å². The smallest absolute Gasteiger partial charge is 0.229 e. The van der Waals surface area contributed by atoms with E-state index >= 15 is 0 Å². The van der Waals surface area contributed by atoms with Crippen molar-refractivity contribution in [2.24, 2.45) is 0 Å². The minimum absolute atomic E-state index is 0.0320. The van der Waals surface area contributed by atoms with Gasteiger partial charge in [0.1, 0.15) is 24.2 Å². The van der Waals surface area contributed by atoms with E-state index in [1.54, 1.807) is 24.3 Å². The van der Waals surface area contributed by atoms with Crippen molar-refractivity contribution in [3.05, 3.63) is 24.3 Å². The molecule has 0 bridgehead atoms. The predicted octanol–water partition coefficient (Wildman–Crippen LogP) is 2.45. The molecule has 0 aliphatic heterocycles. The molecule has 1 aromatic carbocycles. The fraction of sp³-hybridized carbons (Fsp3) is 0.611. The molecule has 0 aliphatic rings. The molecule has 0 heterocycles. The first-order valence-corrected chi connectivity index (χ1v) is 10.5. The average Bonchev–Trinajstić information content (AvgIpc) is 2.56. The van der Waals surface area contributed by atoms with Crippen molar-refractivity contribution in [1.82, 2.24) is 0 Å². The van der Waals surface area contributed by atoms with Crippen LogP contribution in [-0.4, -0.2) is 55.2 Å². The summed E-state index contributed by atoms with van der Waals surface area (Å²) in [4.78, 5) is 11.8. The van der Waals surface area contributed by atoms with Gasteiger partial charge in [-0.3, -0.25) is 4.79 Å². The Bertz CT molecular complexity index is 465. The van der Waals surface area contributed by atoms with Crippen LogP contribution in [0.4, 0.5) is 5.69 Å². The number of carbonyl (C=O) groups is 1. The van der Waals surface area contributed by atoms with Crippen LogP contribution in [0.15, 0.2) is 24.3 Å². The van der Waals surface area contributed by atoms with Crippen molar-refractivity contribution in [3.8, 4) is 5.75 Å². The highest BCUT2D eigenvalue weighted by Crippen LogP contribution is 2.16. The standard InChI is InChI=1S/C18H29NO4S/c1-4-5-11-22-13-16(20)14-23-17-8-6-15(7-9-17)19-18(21)10-12-24(2)3/h6-9,16,20H,4-5,10-14H2,1-3H3/p+1. The molecule has 5 nitrogen and oxygen atoms in total. The highest BCUT2D eigenvalue weighted by Gasteiger charge is 2.09. The van der Waals surface area contributed by atoms with Gasteiger partial charge in [0.25, 0.3) is 0 Å². The van der Waals surface area contributed by atoms with E-state index in [9.17, 15) is 9.90 Å². The van der Waals surface area contributed by atoms with E-state index in [0.29, 0.717) is 18.8 Å². The number of unbranched alkanes of at least 4 members (excludes halogenated alkanes) is 1. The molecule has 1 rings (SSSR count). The van der Waals surface area contributed by atoms with E-state index in [0.717, 1.165) is 24.3 Å². The van der Waals surface area contributed by atoms with E-state index in [2.05, 4.69) is 24.8 Å². The Morgan fingerprint density at radius 3 is 2.58 bits per heavy atom. The molecule has 0 aliphatic carbocycles. The third kappa shape index (κ3) is 9.80. The maximum Gasteiger partial charge on any atom is 0.229 e. The summed E-state index contributed by atoms with van der Waals surface area (Å²) in [6.45, 7) is 3.23. The van der Waals surface area contributed by atoms with Crippen LogP contribution in [0.3, 0.4) is 0 Å². The summed E-state index contributed by atoms with van der Waals surface area (Å²) in [5, 5.41) is 12.7. The second-order valence-electron chi connectivity index (χ2n) is 5.91. The monoisotopic (exact) mass is 356 g/mol. The van der Waals surface area contributed by atoms with E-state index < -0.39 is 6.10 Å². The minimum atomic E-state index is -0.641. The van der Waals surface area contributed by atoms with Gasteiger partial charge in [0, 0.05) is 12.3 Å². The molecule has 0 aromatic heterocycles. The van der Waals surface area contributed by atoms with E-state index in [1.165, 1.54) is 0 Å². The van der Waals surface area contributed by atoms with Crippen LogP contribution in [-0.2, 0) is 20.4 Å². The summed E-state index contributed by atoms with van der Waals surface area (Å²) in [6.07, 6.45) is 6.23. The van der Waals surface area contributed by atoms with Crippen LogP contribution in [0, 0.1) is 0 Å². The number of rotatable bonds is 12. The second kappa shape index (κ2) is 12.2. The first-order chi connectivity index (χ1) is 11.5. The summed E-state index contributed by atoms with van der Waals surface area (Å²) in [6, 6.07) is 7.17. The average molecular weight is 357 g/mol. The fourth-order valence-corrected chi connectivity index (χ4v) is 2.45. The van der Waals surface area contributed by atoms with Crippen molar-refractivity contribution in [2.75, 3.05) is 43.4 Å². The molecule has 0 saturated carbocycles. The SMILES string of the molecule is CCCCOCC(O)COc1ccc(NC(=O)CC[S+](C)C)cc1. The van der Waals surface area contributed by atoms with Crippen LogP contribution >= 0.6 is 0 Å². The van der Waals surface area contributed by atoms with Crippen LogP contribution in [0.1, 0.15) is 26.2 Å². The van der Waals surface area contributed by atoms with Crippen LogP contribution < -0.4 is 10.1 Å². The zero-order chi connectivity index (χ0) is 17.8. The van der Waals surface area contributed by atoms with Crippen molar-refractivity contribution in [1.29, 1.82) is 0 Å². The summed E-state index contributed by atoms with van der Waals surface area (Å²) >= 11 is 0. The number of amides is 1. The number of nitrogens with one attached hydrogen (secondary N) is 1. The summed E-state index contributed by atoms with van der Waals surface area (Å²) in [5.41, 5.74) is 0.753. The normalized spacial score (nSPS) is 12.2. The van der Waals surface area contributed by atoms with Crippen molar-refractivity contribution in [3.63, 3.8) is 0 Å². The lowest BCUT2D eigenvalue weighted by atomic mass is 10.3. The second-order valence-corrected chi connectivity index (χ2v) is 8.29. The highest BCUT2D eigenvalue weighted by atomic mass is 32.2. The van der Waals surface area contributed by atoms with Gasteiger partial charge in [-0.1, -0.05) is 13.3 Å². The Hall–Kier alpha value is -1.24. The lowest BCUT2D eigenvalue weighted by Gasteiger charge is -2.13. The van der Waals surface area contributed by atoms with Gasteiger partial charge in [-0.15, -0.1) is 0 Å². The molecule has 0 spiro atoms. The third-order valence-corrected chi connectivity index (χ3v) is 4.29. The van der Waals surface area contributed by atoms with Gasteiger partial charge in [0.2, 0.25) is 5.91 Å². The Labute approximate surface area is 148 Å². The molecular weight excluding hydrogens is 326 g/mol. The molecule has 24 heavy (non-hydrogen) atoms. The first kappa shape index (κ1) is 20.8. The first-order valence-electron chi connectivity index (χ1n) is 8.34. The topological polar surface area (TPSA) is 67.8 Å². The lowest BCUT2D eigenvalue weighted by Crippen LogP contribution is -2.23. The van der Waals surface area contributed by atoms with Crippen molar-refractivity contribution >= 4 is 22.5 Å². The quantitative estimate of drug-likeness (QED) is 0.446. The Morgan fingerprint density at radius 2 is 1.96 bits per heavy atom. The number of benzene rings is 1. The fourth-order valence-electron chi connectivity index (χ4n) is 1.86. The summed E-state index contributed by atoms with van der Waals surface area (Å²) in [5.74, 6) is 1.60. The Kier molecular flexibility index (Phi) is 10.5. The molecule has 136 valence electrons. The maximum atomic E-state index is 11.8. The molecule has 1 atom stereocenters. The van der Waals surface area contributed by atoms with E-state index in [4.69, 9.17) is 9.47 Å². The van der Waals surface area contributed by atoms with Gasteiger partial charge in [-0.25, -0.2) is 0 Å². The van der Waals surface area contributed by atoms with Gasteiger partial charge in [0.05, 0.1) is 25.5 Å². The van der Waals surface area contributed by atoms with Crippen molar-refractivity contribution < 1.29 is 19.4 Å². The van der Waals surface area contributed by atoms with Gasteiger partial charge in [0.15, 0.2) is 0 Å². The molecule has 1 amide bonds. The molecule has 6 heteroatoms. The minimum Gasteiger partial charge on any atom is -0.491 e. The lowest BCUT2D eigenvalue weighted by molar-refractivity contribution is -0.115. The molecule has 0 radical (unpaired) electrons. The third-order valence-electron chi connectivity index (χ3n) is 3.27. The molecule has 0 saturated heterocycles. The van der Waals surface area contributed by atoms with E-state index in [-0.39, 0.29) is 30.0 Å². The molecule has 1 aromatic rings. The molecule has 1 unspecified atom stereocenters. The zero-order valence-electron chi connectivity index (χ0n) is 14.9. The highest BCUT2D eigenvalue weighted by molar-refractivity contribution is 7.95. The largest absolute Gasteiger partial charge is 0.491 e. The number of aliphatic hydroxyl groups is 1.